The van der Waals surface area contributed by atoms with Crippen LogP contribution < -0.4 is 15.4 Å². The van der Waals surface area contributed by atoms with Crippen molar-refractivity contribution in [2.75, 3.05) is 30.5 Å². The molecule has 19 heavy (non-hydrogen) atoms. The quantitative estimate of drug-likeness (QED) is 0.844. The fraction of sp³-hybridized carbons (Fsp3) is 0.500. The molecule has 2 rings (SSSR count). The minimum absolute atomic E-state index is 0.415. The van der Waals surface area contributed by atoms with Crippen molar-refractivity contribution in [2.45, 2.75) is 19.3 Å². The highest BCUT2D eigenvalue weighted by Gasteiger charge is 2.17. The molecule has 0 unspecified atom stereocenters. The van der Waals surface area contributed by atoms with E-state index in [1.54, 1.807) is 12.1 Å². The number of amides is 1. The summed E-state index contributed by atoms with van der Waals surface area (Å²) in [6.07, 6.45) is 3.58. The van der Waals surface area contributed by atoms with E-state index in [0.29, 0.717) is 18.1 Å². The molecule has 2 N–H and O–H groups in total. The summed E-state index contributed by atoms with van der Waals surface area (Å²) in [4.78, 5) is 13.6. The molecule has 0 bridgehead atoms. The molecule has 1 aliphatic rings. The van der Waals surface area contributed by atoms with Crippen LogP contribution in [0.15, 0.2) is 18.2 Å². The summed E-state index contributed by atoms with van der Waals surface area (Å²) in [5.74, 6) is 0.798. The number of rotatable bonds is 5. The van der Waals surface area contributed by atoms with E-state index in [-0.39, 0.29) is 0 Å². The smallest absolute Gasteiger partial charge is 0.248 e. The molecule has 1 heterocycles. The lowest BCUT2D eigenvalue weighted by Gasteiger charge is -2.30. The molecule has 1 aromatic rings. The van der Waals surface area contributed by atoms with Crippen molar-refractivity contribution in [2.24, 2.45) is 5.73 Å². The van der Waals surface area contributed by atoms with Gasteiger partial charge in [0.2, 0.25) is 5.91 Å². The Hall–Kier alpha value is -1.42. The van der Waals surface area contributed by atoms with Crippen LogP contribution >= 0.6 is 11.6 Å². The number of carbonyl (C=O) groups excluding carboxylic acids is 1. The van der Waals surface area contributed by atoms with Crippen LogP contribution in [0.1, 0.15) is 29.6 Å². The summed E-state index contributed by atoms with van der Waals surface area (Å²) in [5, 5.41) is 0. The Labute approximate surface area is 118 Å². The van der Waals surface area contributed by atoms with Crippen molar-refractivity contribution in [3.63, 3.8) is 0 Å². The highest BCUT2D eigenvalue weighted by atomic mass is 35.5. The van der Waals surface area contributed by atoms with Gasteiger partial charge < -0.3 is 15.4 Å². The number of piperidine rings is 1. The molecule has 104 valence electrons. The Bertz CT molecular complexity index is 445. The Morgan fingerprint density at radius 1 is 1.32 bits per heavy atom. The third kappa shape index (κ3) is 3.53. The molecule has 0 atom stereocenters. The van der Waals surface area contributed by atoms with E-state index in [0.717, 1.165) is 37.4 Å². The van der Waals surface area contributed by atoms with Gasteiger partial charge in [-0.2, -0.15) is 0 Å². The van der Waals surface area contributed by atoms with Crippen molar-refractivity contribution in [1.29, 1.82) is 0 Å². The van der Waals surface area contributed by atoms with Gasteiger partial charge in [0.25, 0.3) is 0 Å². The van der Waals surface area contributed by atoms with Gasteiger partial charge in [-0.1, -0.05) is 0 Å². The number of nitrogens with two attached hydrogens (primary N) is 1. The first-order valence-electron chi connectivity index (χ1n) is 6.60. The molecule has 0 saturated carbocycles. The van der Waals surface area contributed by atoms with Gasteiger partial charge >= 0.3 is 0 Å². The second kappa shape index (κ2) is 6.66. The van der Waals surface area contributed by atoms with E-state index in [1.165, 1.54) is 6.42 Å². The highest BCUT2D eigenvalue weighted by molar-refractivity contribution is 6.18. The van der Waals surface area contributed by atoms with Gasteiger partial charge in [-0.25, -0.2) is 0 Å². The van der Waals surface area contributed by atoms with Crippen molar-refractivity contribution < 1.29 is 9.53 Å². The number of hydrogen-bond donors (Lipinski definition) is 1. The molecule has 1 amide bonds. The molecule has 1 aliphatic heterocycles. The van der Waals surface area contributed by atoms with Crippen molar-refractivity contribution in [3.8, 4) is 5.75 Å². The van der Waals surface area contributed by atoms with Gasteiger partial charge in [0.15, 0.2) is 0 Å². The van der Waals surface area contributed by atoms with Crippen LogP contribution in [-0.4, -0.2) is 31.5 Å². The van der Waals surface area contributed by atoms with Gasteiger partial charge in [0, 0.05) is 18.7 Å². The predicted molar refractivity (Wildman–Crippen MR) is 77.2 cm³/mol. The van der Waals surface area contributed by atoms with Crippen LogP contribution in [0.5, 0.6) is 5.75 Å². The average Bonchev–Trinajstić information content (AvgIpc) is 2.45. The van der Waals surface area contributed by atoms with Gasteiger partial charge in [-0.3, -0.25) is 4.79 Å². The van der Waals surface area contributed by atoms with Crippen LogP contribution in [0.3, 0.4) is 0 Å². The number of halogens is 1. The van der Waals surface area contributed by atoms with Crippen LogP contribution in [0.2, 0.25) is 0 Å². The molecular formula is C14H19ClN2O2. The summed E-state index contributed by atoms with van der Waals surface area (Å²) >= 11 is 5.66. The van der Waals surface area contributed by atoms with Crippen molar-refractivity contribution >= 4 is 23.2 Å². The number of hydrogen-bond acceptors (Lipinski definition) is 3. The number of carbonyl (C=O) groups is 1. The number of ether oxygens (including phenoxy) is 1. The second-order valence-electron chi connectivity index (χ2n) is 4.63. The van der Waals surface area contributed by atoms with Crippen LogP contribution in [0, 0.1) is 0 Å². The molecule has 1 saturated heterocycles. The zero-order chi connectivity index (χ0) is 13.7. The lowest BCUT2D eigenvalue weighted by Crippen LogP contribution is -2.30. The number of nitrogens with zero attached hydrogens (tertiary/aromatic N) is 1. The lowest BCUT2D eigenvalue weighted by molar-refractivity contribution is 0.100. The maximum absolute atomic E-state index is 11.3. The normalized spacial score (nSPS) is 15.3. The van der Waals surface area contributed by atoms with E-state index in [4.69, 9.17) is 22.1 Å². The van der Waals surface area contributed by atoms with Crippen LogP contribution in [-0.2, 0) is 0 Å². The summed E-state index contributed by atoms with van der Waals surface area (Å²) in [5.41, 5.74) is 6.80. The van der Waals surface area contributed by atoms with Crippen LogP contribution in [0.25, 0.3) is 0 Å². The Balaban J connectivity index is 2.28. The Morgan fingerprint density at radius 2 is 2.05 bits per heavy atom. The average molecular weight is 283 g/mol. The highest BCUT2D eigenvalue weighted by Crippen LogP contribution is 2.31. The van der Waals surface area contributed by atoms with Crippen molar-refractivity contribution in [1.82, 2.24) is 0 Å². The van der Waals surface area contributed by atoms with Crippen molar-refractivity contribution in [3.05, 3.63) is 23.8 Å². The maximum Gasteiger partial charge on any atom is 0.248 e. The fourth-order valence-corrected chi connectivity index (χ4v) is 2.40. The van der Waals surface area contributed by atoms with E-state index >= 15 is 0 Å². The Kier molecular flexibility index (Phi) is 4.91. The predicted octanol–water partition coefficient (Wildman–Crippen LogP) is 2.39. The summed E-state index contributed by atoms with van der Waals surface area (Å²) in [6, 6.07) is 5.31. The molecule has 4 nitrogen and oxygen atoms in total. The molecule has 5 heteroatoms. The van der Waals surface area contributed by atoms with E-state index in [9.17, 15) is 4.79 Å². The topological polar surface area (TPSA) is 55.6 Å². The second-order valence-corrected chi connectivity index (χ2v) is 5.01. The number of benzene rings is 1. The minimum Gasteiger partial charge on any atom is -0.490 e. The lowest BCUT2D eigenvalue weighted by atomic mass is 10.1. The zero-order valence-corrected chi connectivity index (χ0v) is 11.7. The maximum atomic E-state index is 11.3. The third-order valence-corrected chi connectivity index (χ3v) is 3.43. The minimum atomic E-state index is -0.415. The Morgan fingerprint density at radius 3 is 2.68 bits per heavy atom. The number of anilines is 1. The van der Waals surface area contributed by atoms with E-state index in [1.807, 2.05) is 6.07 Å². The fourth-order valence-electron chi connectivity index (χ4n) is 2.32. The first kappa shape index (κ1) is 14.0. The van der Waals surface area contributed by atoms with E-state index < -0.39 is 5.91 Å². The SMILES string of the molecule is NC(=O)c1ccc(OCCCl)c(N2CCCCC2)c1. The van der Waals surface area contributed by atoms with E-state index in [2.05, 4.69) is 4.90 Å². The summed E-state index contributed by atoms with van der Waals surface area (Å²) in [6.45, 7) is 2.43. The molecular weight excluding hydrogens is 264 g/mol. The van der Waals surface area contributed by atoms with Gasteiger partial charge in [0.05, 0.1) is 11.6 Å². The first-order valence-corrected chi connectivity index (χ1v) is 7.13. The van der Waals surface area contributed by atoms with Gasteiger partial charge in [0.1, 0.15) is 12.4 Å². The van der Waals surface area contributed by atoms with Gasteiger partial charge in [-0.15, -0.1) is 11.6 Å². The molecule has 1 fully saturated rings. The number of alkyl halides is 1. The van der Waals surface area contributed by atoms with Crippen LogP contribution in [0.4, 0.5) is 5.69 Å². The van der Waals surface area contributed by atoms with Gasteiger partial charge in [-0.05, 0) is 37.5 Å². The third-order valence-electron chi connectivity index (χ3n) is 3.27. The molecule has 0 spiro atoms. The monoisotopic (exact) mass is 282 g/mol. The summed E-state index contributed by atoms with van der Waals surface area (Å²) in [7, 11) is 0. The molecule has 0 aliphatic carbocycles. The molecule has 1 aromatic carbocycles. The first-order chi connectivity index (χ1) is 9.22. The zero-order valence-electron chi connectivity index (χ0n) is 10.9. The standard InChI is InChI=1S/C14H19ClN2O2/c15-6-9-19-13-5-4-11(14(16)18)10-12(13)17-7-2-1-3-8-17/h4-5,10H,1-3,6-9H2,(H2,16,18). The molecule has 0 aromatic heterocycles. The molecule has 0 radical (unpaired) electrons. The summed E-state index contributed by atoms with van der Waals surface area (Å²) < 4.78 is 5.65. The largest absolute Gasteiger partial charge is 0.490 e. The number of primary amides is 1.